The van der Waals surface area contributed by atoms with Gasteiger partial charge in [0.2, 0.25) is 0 Å². The van der Waals surface area contributed by atoms with E-state index >= 15 is 0 Å². The summed E-state index contributed by atoms with van der Waals surface area (Å²) in [6, 6.07) is 0. The standard InChI is InChI=1S/C38H72O/c1-3-5-6-7-8-9-10-11-12-13-14-15-16-17-18-19-20-21-22-23-24-25-26-27-28-29-30-31-32-33-34-35-36-37-38(39)4-2/h4,36-37H,2-3,5-35H2,1H3. The van der Waals surface area contributed by atoms with Crippen LogP contribution in [-0.4, -0.2) is 5.78 Å². The molecule has 0 rings (SSSR count). The van der Waals surface area contributed by atoms with Crippen molar-refractivity contribution in [3.63, 3.8) is 0 Å². The zero-order valence-electron chi connectivity index (χ0n) is 27.0. The SMILES string of the molecule is C=CC(=O)C=CCCCCCCCCCCCCCCCCCCCCCCCCCCCCCCCCC. The first-order chi connectivity index (χ1) is 19.3. The molecule has 0 aromatic heterocycles. The predicted molar refractivity (Wildman–Crippen MR) is 178 cm³/mol. The summed E-state index contributed by atoms with van der Waals surface area (Å²) in [6.45, 7) is 5.79. The molecule has 1 nitrogen and oxygen atoms in total. The second kappa shape index (κ2) is 35.2. The highest BCUT2D eigenvalue weighted by molar-refractivity contribution is 5.98. The number of carbonyl (C=O) groups excluding carboxylic acids is 1. The highest BCUT2D eigenvalue weighted by Gasteiger charge is 1.97. The number of rotatable bonds is 34. The van der Waals surface area contributed by atoms with Gasteiger partial charge in [-0.25, -0.2) is 0 Å². The molecule has 0 aliphatic carbocycles. The van der Waals surface area contributed by atoms with E-state index in [4.69, 9.17) is 0 Å². The Hall–Kier alpha value is -0.850. The third kappa shape index (κ3) is 35.1. The van der Waals surface area contributed by atoms with Gasteiger partial charge >= 0.3 is 0 Å². The van der Waals surface area contributed by atoms with Crippen LogP contribution in [0.2, 0.25) is 0 Å². The Labute approximate surface area is 247 Å². The molecule has 0 saturated carbocycles. The quantitative estimate of drug-likeness (QED) is 0.0581. The van der Waals surface area contributed by atoms with Crippen molar-refractivity contribution in [3.05, 3.63) is 24.8 Å². The first-order valence-electron chi connectivity index (χ1n) is 18.1. The zero-order chi connectivity index (χ0) is 28.3. The van der Waals surface area contributed by atoms with Crippen LogP contribution in [0.5, 0.6) is 0 Å². The van der Waals surface area contributed by atoms with Crippen LogP contribution in [0.3, 0.4) is 0 Å². The third-order valence-corrected chi connectivity index (χ3v) is 8.46. The highest BCUT2D eigenvalue weighted by atomic mass is 16.1. The van der Waals surface area contributed by atoms with E-state index in [1.807, 2.05) is 6.08 Å². The van der Waals surface area contributed by atoms with Gasteiger partial charge in [0.15, 0.2) is 5.78 Å². The molecule has 0 unspecified atom stereocenters. The lowest BCUT2D eigenvalue weighted by Gasteiger charge is -2.04. The summed E-state index contributed by atoms with van der Waals surface area (Å²) in [5, 5.41) is 0. The minimum Gasteiger partial charge on any atom is -0.290 e. The summed E-state index contributed by atoms with van der Waals surface area (Å²) in [5.74, 6) is 0.0238. The molecule has 0 N–H and O–H groups in total. The van der Waals surface area contributed by atoms with Gasteiger partial charge in [0.1, 0.15) is 0 Å². The van der Waals surface area contributed by atoms with E-state index in [0.717, 1.165) is 6.42 Å². The summed E-state index contributed by atoms with van der Waals surface area (Å²) in [5.41, 5.74) is 0. The molecule has 39 heavy (non-hydrogen) atoms. The fourth-order valence-electron chi connectivity index (χ4n) is 5.73. The first-order valence-corrected chi connectivity index (χ1v) is 18.1. The molecule has 1 heteroatoms. The Balaban J connectivity index is 3.06. The van der Waals surface area contributed by atoms with E-state index in [9.17, 15) is 4.79 Å². The predicted octanol–water partition coefficient (Wildman–Crippen LogP) is 13.8. The zero-order valence-corrected chi connectivity index (χ0v) is 27.0. The van der Waals surface area contributed by atoms with E-state index in [1.165, 1.54) is 205 Å². The van der Waals surface area contributed by atoms with Crippen LogP contribution in [0.15, 0.2) is 24.8 Å². The van der Waals surface area contributed by atoms with E-state index in [-0.39, 0.29) is 5.78 Å². The fraction of sp³-hybridized carbons (Fsp3) is 0.868. The smallest absolute Gasteiger partial charge is 0.177 e. The van der Waals surface area contributed by atoms with Crippen molar-refractivity contribution in [3.8, 4) is 0 Å². The van der Waals surface area contributed by atoms with Crippen molar-refractivity contribution in [2.45, 2.75) is 212 Å². The second-order valence-corrected chi connectivity index (χ2v) is 12.4. The molecule has 0 saturated heterocycles. The Morgan fingerprint density at radius 2 is 0.641 bits per heavy atom. The van der Waals surface area contributed by atoms with Gasteiger partial charge in [-0.15, -0.1) is 0 Å². The lowest BCUT2D eigenvalue weighted by Crippen LogP contribution is -1.85. The second-order valence-electron chi connectivity index (χ2n) is 12.4. The van der Waals surface area contributed by atoms with Crippen LogP contribution >= 0.6 is 0 Å². The average Bonchev–Trinajstić information content (AvgIpc) is 2.95. The largest absolute Gasteiger partial charge is 0.290 e. The van der Waals surface area contributed by atoms with E-state index in [0.29, 0.717) is 0 Å². The molecule has 0 amide bonds. The Morgan fingerprint density at radius 1 is 0.410 bits per heavy atom. The maximum atomic E-state index is 11.1. The van der Waals surface area contributed by atoms with Crippen LogP contribution in [0.1, 0.15) is 212 Å². The summed E-state index contributed by atoms with van der Waals surface area (Å²) in [7, 11) is 0. The number of ketones is 1. The number of hydrogen-bond donors (Lipinski definition) is 0. The lowest BCUT2D eigenvalue weighted by molar-refractivity contribution is -0.110. The monoisotopic (exact) mass is 545 g/mol. The first kappa shape index (κ1) is 38.1. The molecule has 230 valence electrons. The lowest BCUT2D eigenvalue weighted by atomic mass is 10.0. The molecule has 0 radical (unpaired) electrons. The Kier molecular flexibility index (Phi) is 34.4. The van der Waals surface area contributed by atoms with Crippen LogP contribution in [0.25, 0.3) is 0 Å². The normalized spacial score (nSPS) is 11.5. The average molecular weight is 545 g/mol. The van der Waals surface area contributed by atoms with Gasteiger partial charge in [-0.3, -0.25) is 4.79 Å². The molecule has 0 spiro atoms. The molecule has 0 aromatic rings. The van der Waals surface area contributed by atoms with Crippen LogP contribution < -0.4 is 0 Å². The molecular formula is C38H72O. The molecular weight excluding hydrogens is 472 g/mol. The van der Waals surface area contributed by atoms with E-state index in [2.05, 4.69) is 13.5 Å². The number of allylic oxidation sites excluding steroid dienone is 3. The Bertz CT molecular complexity index is 505. The number of carbonyl (C=O) groups is 1. The molecule has 0 aliphatic heterocycles. The van der Waals surface area contributed by atoms with Gasteiger partial charge in [0.25, 0.3) is 0 Å². The maximum Gasteiger partial charge on any atom is 0.177 e. The molecule has 0 heterocycles. The van der Waals surface area contributed by atoms with Crippen LogP contribution in [-0.2, 0) is 4.79 Å². The van der Waals surface area contributed by atoms with E-state index < -0.39 is 0 Å². The molecule has 0 bridgehead atoms. The van der Waals surface area contributed by atoms with Crippen LogP contribution in [0, 0.1) is 0 Å². The fourth-order valence-corrected chi connectivity index (χ4v) is 5.73. The van der Waals surface area contributed by atoms with Crippen molar-refractivity contribution >= 4 is 5.78 Å². The van der Waals surface area contributed by atoms with Crippen molar-refractivity contribution in [2.24, 2.45) is 0 Å². The Morgan fingerprint density at radius 3 is 0.872 bits per heavy atom. The van der Waals surface area contributed by atoms with Crippen molar-refractivity contribution in [1.29, 1.82) is 0 Å². The third-order valence-electron chi connectivity index (χ3n) is 8.46. The summed E-state index contributed by atoms with van der Waals surface area (Å²) < 4.78 is 0. The molecule has 0 aromatic carbocycles. The highest BCUT2D eigenvalue weighted by Crippen LogP contribution is 2.16. The van der Waals surface area contributed by atoms with Gasteiger partial charge in [-0.2, -0.15) is 0 Å². The summed E-state index contributed by atoms with van der Waals surface area (Å²) in [6.07, 6.45) is 50.8. The van der Waals surface area contributed by atoms with E-state index in [1.54, 1.807) is 6.08 Å². The summed E-state index contributed by atoms with van der Waals surface area (Å²) >= 11 is 0. The van der Waals surface area contributed by atoms with Gasteiger partial charge in [-0.05, 0) is 25.0 Å². The minimum absolute atomic E-state index is 0.0238. The van der Waals surface area contributed by atoms with Crippen LogP contribution in [0.4, 0.5) is 0 Å². The van der Waals surface area contributed by atoms with Gasteiger partial charge < -0.3 is 0 Å². The van der Waals surface area contributed by atoms with Gasteiger partial charge in [0.05, 0.1) is 0 Å². The van der Waals surface area contributed by atoms with Gasteiger partial charge in [-0.1, -0.05) is 212 Å². The summed E-state index contributed by atoms with van der Waals surface area (Å²) in [4.78, 5) is 11.1. The maximum absolute atomic E-state index is 11.1. The molecule has 0 aliphatic rings. The number of hydrogen-bond acceptors (Lipinski definition) is 1. The topological polar surface area (TPSA) is 17.1 Å². The molecule has 0 atom stereocenters. The number of unbranched alkanes of at least 4 members (excludes halogenated alkanes) is 31. The van der Waals surface area contributed by atoms with Crippen molar-refractivity contribution in [1.82, 2.24) is 0 Å². The van der Waals surface area contributed by atoms with Crippen molar-refractivity contribution in [2.75, 3.05) is 0 Å². The molecule has 0 fully saturated rings. The van der Waals surface area contributed by atoms with Gasteiger partial charge in [0, 0.05) is 0 Å². The minimum atomic E-state index is 0.0238. The van der Waals surface area contributed by atoms with Crippen molar-refractivity contribution < 1.29 is 4.79 Å².